The van der Waals surface area contributed by atoms with Crippen LogP contribution in [-0.4, -0.2) is 67.8 Å². The highest BCUT2D eigenvalue weighted by atomic mass is 16.6. The predicted octanol–water partition coefficient (Wildman–Crippen LogP) is 1.93. The van der Waals surface area contributed by atoms with Gasteiger partial charge >= 0.3 is 6.09 Å². The lowest BCUT2D eigenvalue weighted by Gasteiger charge is -2.31. The Hall–Kier alpha value is -0.810. The average Bonchev–Trinajstić information content (AvgIpc) is 2.48. The van der Waals surface area contributed by atoms with Crippen LogP contribution in [0.4, 0.5) is 4.79 Å². The number of ether oxygens (including phenoxy) is 1. The number of likely N-dealkylation sites (tertiary alicyclic amines) is 1. The van der Waals surface area contributed by atoms with Gasteiger partial charge in [0.2, 0.25) is 0 Å². The van der Waals surface area contributed by atoms with Crippen LogP contribution in [0, 0.1) is 0 Å². The number of carbonyl (C=O) groups is 1. The van der Waals surface area contributed by atoms with Crippen LogP contribution in [0.2, 0.25) is 0 Å². The third-order valence-corrected chi connectivity index (χ3v) is 4.00. The topological polar surface area (TPSA) is 44.8 Å². The quantitative estimate of drug-likeness (QED) is 0.692. The Labute approximate surface area is 123 Å². The van der Waals surface area contributed by atoms with Gasteiger partial charge in [-0.25, -0.2) is 4.79 Å². The second kappa shape index (κ2) is 10.00. The first-order chi connectivity index (χ1) is 9.71. The lowest BCUT2D eigenvalue weighted by molar-refractivity contribution is 0.0950. The average molecular weight is 285 g/mol. The molecule has 1 fully saturated rings. The second-order valence-corrected chi connectivity index (χ2v) is 5.29. The van der Waals surface area contributed by atoms with Crippen molar-refractivity contribution in [2.24, 2.45) is 0 Å². The molecule has 0 aromatic heterocycles. The number of hydrogen-bond acceptors (Lipinski definition) is 4. The van der Waals surface area contributed by atoms with Crippen LogP contribution >= 0.6 is 0 Å². The Bertz CT molecular complexity index is 262. The summed E-state index contributed by atoms with van der Waals surface area (Å²) in [4.78, 5) is 15.9. The molecule has 5 heteroatoms. The molecule has 1 aliphatic rings. The van der Waals surface area contributed by atoms with Gasteiger partial charge in [0.15, 0.2) is 0 Å². The van der Waals surface area contributed by atoms with Gasteiger partial charge in [0.05, 0.1) is 6.61 Å². The van der Waals surface area contributed by atoms with E-state index in [0.29, 0.717) is 12.6 Å². The summed E-state index contributed by atoms with van der Waals surface area (Å²) in [7, 11) is 0. The van der Waals surface area contributed by atoms with Crippen molar-refractivity contribution >= 4 is 6.09 Å². The zero-order valence-electron chi connectivity index (χ0n) is 13.4. The van der Waals surface area contributed by atoms with Gasteiger partial charge in [-0.15, -0.1) is 0 Å². The van der Waals surface area contributed by atoms with Crippen molar-refractivity contribution in [2.45, 2.75) is 46.1 Å². The Morgan fingerprint density at radius 3 is 2.45 bits per heavy atom. The molecular formula is C15H31N3O2. The van der Waals surface area contributed by atoms with Gasteiger partial charge in [0.1, 0.15) is 0 Å². The smallest absolute Gasteiger partial charge is 0.409 e. The highest BCUT2D eigenvalue weighted by Gasteiger charge is 2.22. The van der Waals surface area contributed by atoms with Crippen molar-refractivity contribution in [1.82, 2.24) is 15.1 Å². The summed E-state index contributed by atoms with van der Waals surface area (Å²) in [6.07, 6.45) is 3.10. The maximum Gasteiger partial charge on any atom is 0.409 e. The van der Waals surface area contributed by atoms with Gasteiger partial charge in [0, 0.05) is 19.1 Å². The van der Waals surface area contributed by atoms with E-state index in [1.165, 1.54) is 13.0 Å². The first-order valence-electron chi connectivity index (χ1n) is 8.08. The van der Waals surface area contributed by atoms with E-state index in [1.54, 1.807) is 0 Å². The molecule has 1 heterocycles. The molecule has 1 amide bonds. The van der Waals surface area contributed by atoms with Crippen molar-refractivity contribution in [3.8, 4) is 0 Å². The first-order valence-corrected chi connectivity index (χ1v) is 8.08. The van der Waals surface area contributed by atoms with Crippen LogP contribution in [0.15, 0.2) is 0 Å². The minimum atomic E-state index is -0.160. The maximum atomic E-state index is 11.6. The van der Waals surface area contributed by atoms with Crippen molar-refractivity contribution in [3.63, 3.8) is 0 Å². The Morgan fingerprint density at radius 2 is 1.90 bits per heavy atom. The molecule has 1 rings (SSSR count). The fourth-order valence-electron chi connectivity index (χ4n) is 2.63. The summed E-state index contributed by atoms with van der Waals surface area (Å²) in [6, 6.07) is 0.553. The molecule has 0 bridgehead atoms. The molecule has 20 heavy (non-hydrogen) atoms. The fraction of sp³-hybridized carbons (Fsp3) is 0.933. The molecule has 0 aromatic rings. The van der Waals surface area contributed by atoms with E-state index in [1.807, 2.05) is 11.8 Å². The highest BCUT2D eigenvalue weighted by molar-refractivity contribution is 5.67. The number of amides is 1. The van der Waals surface area contributed by atoms with E-state index >= 15 is 0 Å². The molecule has 0 unspecified atom stereocenters. The zero-order valence-corrected chi connectivity index (χ0v) is 13.4. The van der Waals surface area contributed by atoms with Crippen LogP contribution in [0.3, 0.4) is 0 Å². The third-order valence-electron chi connectivity index (χ3n) is 4.00. The molecular weight excluding hydrogens is 254 g/mol. The maximum absolute atomic E-state index is 11.6. The summed E-state index contributed by atoms with van der Waals surface area (Å²) < 4.78 is 5.03. The van der Waals surface area contributed by atoms with Gasteiger partial charge in [-0.3, -0.25) is 0 Å². The molecule has 0 aliphatic carbocycles. The van der Waals surface area contributed by atoms with Crippen molar-refractivity contribution in [2.75, 3.05) is 45.9 Å². The summed E-state index contributed by atoms with van der Waals surface area (Å²) in [5.41, 5.74) is 0. The predicted molar refractivity (Wildman–Crippen MR) is 82.0 cm³/mol. The standard InChI is InChI=1S/C15H31N3O2/c1-4-17(5-2)11-7-10-16-14-8-12-18(13-9-14)15(19)20-6-3/h14,16H,4-13H2,1-3H3. The van der Waals surface area contributed by atoms with E-state index in [2.05, 4.69) is 24.1 Å². The Kier molecular flexibility index (Phi) is 8.62. The molecule has 1 saturated heterocycles. The summed E-state index contributed by atoms with van der Waals surface area (Å²) in [5.74, 6) is 0. The zero-order chi connectivity index (χ0) is 14.8. The van der Waals surface area contributed by atoms with Gasteiger partial charge in [-0.2, -0.15) is 0 Å². The van der Waals surface area contributed by atoms with Crippen LogP contribution < -0.4 is 5.32 Å². The Morgan fingerprint density at radius 1 is 1.25 bits per heavy atom. The number of nitrogens with zero attached hydrogens (tertiary/aromatic N) is 2. The number of hydrogen-bond donors (Lipinski definition) is 1. The second-order valence-electron chi connectivity index (χ2n) is 5.29. The van der Waals surface area contributed by atoms with Crippen molar-refractivity contribution in [3.05, 3.63) is 0 Å². The first kappa shape index (κ1) is 17.2. The minimum absolute atomic E-state index is 0.160. The third kappa shape index (κ3) is 6.09. The van der Waals surface area contributed by atoms with E-state index in [9.17, 15) is 4.79 Å². The molecule has 0 aromatic carbocycles. The number of piperidine rings is 1. The van der Waals surface area contributed by atoms with E-state index < -0.39 is 0 Å². The molecule has 118 valence electrons. The normalized spacial score (nSPS) is 16.7. The van der Waals surface area contributed by atoms with E-state index in [4.69, 9.17) is 4.74 Å². The largest absolute Gasteiger partial charge is 0.450 e. The van der Waals surface area contributed by atoms with Crippen LogP contribution in [-0.2, 0) is 4.74 Å². The minimum Gasteiger partial charge on any atom is -0.450 e. The molecule has 0 radical (unpaired) electrons. The monoisotopic (exact) mass is 285 g/mol. The van der Waals surface area contributed by atoms with Gasteiger partial charge in [-0.1, -0.05) is 13.8 Å². The molecule has 5 nitrogen and oxygen atoms in total. The van der Waals surface area contributed by atoms with Crippen LogP contribution in [0.1, 0.15) is 40.0 Å². The van der Waals surface area contributed by atoms with Crippen molar-refractivity contribution in [1.29, 1.82) is 0 Å². The van der Waals surface area contributed by atoms with E-state index in [0.717, 1.165) is 45.6 Å². The number of nitrogens with one attached hydrogen (secondary N) is 1. The number of rotatable bonds is 8. The van der Waals surface area contributed by atoms with Gasteiger partial charge < -0.3 is 19.9 Å². The van der Waals surface area contributed by atoms with E-state index in [-0.39, 0.29) is 6.09 Å². The fourth-order valence-corrected chi connectivity index (χ4v) is 2.63. The van der Waals surface area contributed by atoms with Crippen LogP contribution in [0.5, 0.6) is 0 Å². The van der Waals surface area contributed by atoms with Gasteiger partial charge in [-0.05, 0) is 52.4 Å². The summed E-state index contributed by atoms with van der Waals surface area (Å²) in [5, 5.41) is 3.61. The van der Waals surface area contributed by atoms with Crippen molar-refractivity contribution < 1.29 is 9.53 Å². The number of carbonyl (C=O) groups excluding carboxylic acids is 1. The summed E-state index contributed by atoms with van der Waals surface area (Å²) in [6.45, 7) is 12.9. The summed E-state index contributed by atoms with van der Waals surface area (Å²) >= 11 is 0. The molecule has 0 saturated carbocycles. The van der Waals surface area contributed by atoms with Gasteiger partial charge in [0.25, 0.3) is 0 Å². The Balaban J connectivity index is 2.09. The molecule has 0 spiro atoms. The van der Waals surface area contributed by atoms with Crippen LogP contribution in [0.25, 0.3) is 0 Å². The lowest BCUT2D eigenvalue weighted by atomic mass is 10.1. The molecule has 1 N–H and O–H groups in total. The molecule has 1 aliphatic heterocycles. The SMILES string of the molecule is CCOC(=O)N1CCC(NCCCN(CC)CC)CC1. The highest BCUT2D eigenvalue weighted by Crippen LogP contribution is 2.11. The lowest BCUT2D eigenvalue weighted by Crippen LogP contribution is -2.45. The molecule has 0 atom stereocenters.